The minimum Gasteiger partial charge on any atom is -0.378 e. The third-order valence-electron chi connectivity index (χ3n) is 2.12. The molecule has 1 nitrogen and oxygen atoms in total. The van der Waals surface area contributed by atoms with Gasteiger partial charge < -0.3 is 5.32 Å². The SMILES string of the molecule is FC(F)C(F)(F)CNc1ccc(Br)cc1C(F)(F)F. The van der Waals surface area contributed by atoms with Gasteiger partial charge in [-0.2, -0.15) is 22.0 Å². The molecule has 1 N–H and O–H groups in total. The lowest BCUT2D eigenvalue weighted by molar-refractivity contribution is -0.137. The van der Waals surface area contributed by atoms with E-state index in [1.807, 2.05) is 0 Å². The monoisotopic (exact) mass is 353 g/mol. The second-order valence-corrected chi connectivity index (χ2v) is 4.52. The summed E-state index contributed by atoms with van der Waals surface area (Å²) in [4.78, 5) is 0. The van der Waals surface area contributed by atoms with Gasteiger partial charge in [-0.3, -0.25) is 0 Å². The van der Waals surface area contributed by atoms with Crippen molar-refractivity contribution in [3.8, 4) is 0 Å². The second-order valence-electron chi connectivity index (χ2n) is 3.60. The van der Waals surface area contributed by atoms with Crippen molar-refractivity contribution in [2.24, 2.45) is 0 Å². The van der Waals surface area contributed by atoms with E-state index >= 15 is 0 Å². The number of hydrogen-bond donors (Lipinski definition) is 1. The largest absolute Gasteiger partial charge is 0.418 e. The first-order valence-corrected chi connectivity index (χ1v) is 5.60. The smallest absolute Gasteiger partial charge is 0.378 e. The standard InChI is InChI=1S/C10H7BrF7N/c11-5-1-2-7(6(3-5)10(16,17)18)19-4-9(14,15)8(12)13/h1-3,8,19H,4H2. The molecule has 0 aliphatic carbocycles. The van der Waals surface area contributed by atoms with Crippen molar-refractivity contribution >= 4 is 21.6 Å². The van der Waals surface area contributed by atoms with Gasteiger partial charge in [0.1, 0.15) is 0 Å². The zero-order valence-electron chi connectivity index (χ0n) is 9.04. The van der Waals surface area contributed by atoms with Gasteiger partial charge in [0.05, 0.1) is 12.1 Å². The molecule has 0 fully saturated rings. The van der Waals surface area contributed by atoms with E-state index in [1.54, 1.807) is 5.32 Å². The Bertz CT molecular complexity index is 444. The Kier molecular flexibility index (Phi) is 4.70. The van der Waals surface area contributed by atoms with Gasteiger partial charge in [-0.25, -0.2) is 8.78 Å². The van der Waals surface area contributed by atoms with Crippen molar-refractivity contribution in [2.75, 3.05) is 11.9 Å². The maximum Gasteiger partial charge on any atom is 0.418 e. The van der Waals surface area contributed by atoms with Crippen molar-refractivity contribution in [3.63, 3.8) is 0 Å². The highest BCUT2D eigenvalue weighted by Gasteiger charge is 2.41. The van der Waals surface area contributed by atoms with E-state index in [2.05, 4.69) is 15.9 Å². The van der Waals surface area contributed by atoms with Gasteiger partial charge >= 0.3 is 18.5 Å². The van der Waals surface area contributed by atoms with Crippen LogP contribution in [0.2, 0.25) is 0 Å². The highest BCUT2D eigenvalue weighted by Crippen LogP contribution is 2.37. The molecular formula is C10H7BrF7N. The van der Waals surface area contributed by atoms with Crippen LogP contribution in [0.15, 0.2) is 22.7 Å². The number of anilines is 1. The Balaban J connectivity index is 2.96. The number of rotatable bonds is 4. The van der Waals surface area contributed by atoms with Crippen LogP contribution in [0.4, 0.5) is 36.4 Å². The highest BCUT2D eigenvalue weighted by molar-refractivity contribution is 9.10. The van der Waals surface area contributed by atoms with Gasteiger partial charge in [0.2, 0.25) is 0 Å². The fourth-order valence-corrected chi connectivity index (χ4v) is 1.56. The average molecular weight is 354 g/mol. The molecule has 0 amide bonds. The lowest BCUT2D eigenvalue weighted by Gasteiger charge is -2.19. The zero-order chi connectivity index (χ0) is 14.8. The summed E-state index contributed by atoms with van der Waals surface area (Å²) >= 11 is 2.81. The van der Waals surface area contributed by atoms with Crippen LogP contribution < -0.4 is 5.32 Å². The number of halogens is 8. The van der Waals surface area contributed by atoms with Crippen LogP contribution in [-0.2, 0) is 6.18 Å². The molecule has 0 spiro atoms. The van der Waals surface area contributed by atoms with Gasteiger partial charge in [-0.15, -0.1) is 0 Å². The topological polar surface area (TPSA) is 12.0 Å². The Morgan fingerprint density at radius 3 is 2.16 bits per heavy atom. The van der Waals surface area contributed by atoms with E-state index in [0.717, 1.165) is 6.07 Å². The lowest BCUT2D eigenvalue weighted by Crippen LogP contribution is -2.35. The normalized spacial score (nSPS) is 12.9. The maximum atomic E-state index is 12.6. The summed E-state index contributed by atoms with van der Waals surface area (Å²) in [5, 5.41) is 1.70. The Morgan fingerprint density at radius 2 is 1.68 bits per heavy atom. The summed E-state index contributed by atoms with van der Waals surface area (Å²) in [6.45, 7) is -1.59. The molecule has 0 heterocycles. The van der Waals surface area contributed by atoms with Gasteiger partial charge in [0, 0.05) is 10.2 Å². The zero-order valence-corrected chi connectivity index (χ0v) is 10.6. The minimum atomic E-state index is -4.79. The van der Waals surface area contributed by atoms with Crippen LogP contribution in [0.25, 0.3) is 0 Å². The van der Waals surface area contributed by atoms with Crippen molar-refractivity contribution < 1.29 is 30.7 Å². The molecule has 0 aliphatic rings. The number of hydrogen-bond acceptors (Lipinski definition) is 1. The van der Waals surface area contributed by atoms with E-state index in [1.165, 1.54) is 6.07 Å². The van der Waals surface area contributed by atoms with Crippen molar-refractivity contribution in [3.05, 3.63) is 28.2 Å². The van der Waals surface area contributed by atoms with Gasteiger partial charge in [0.25, 0.3) is 0 Å². The summed E-state index contributed by atoms with van der Waals surface area (Å²) in [7, 11) is 0. The summed E-state index contributed by atoms with van der Waals surface area (Å²) in [5.41, 5.74) is -1.90. The molecule has 9 heteroatoms. The summed E-state index contributed by atoms with van der Waals surface area (Å²) in [6.07, 6.45) is -8.74. The Hall–Kier alpha value is -0.990. The fourth-order valence-electron chi connectivity index (χ4n) is 1.20. The van der Waals surface area contributed by atoms with Crippen molar-refractivity contribution in [1.82, 2.24) is 0 Å². The second kappa shape index (κ2) is 5.56. The van der Waals surface area contributed by atoms with Gasteiger partial charge in [-0.1, -0.05) is 15.9 Å². The van der Waals surface area contributed by atoms with Crippen LogP contribution >= 0.6 is 15.9 Å². The summed E-state index contributed by atoms with van der Waals surface area (Å²) < 4.78 is 87.0. The molecule has 0 radical (unpaired) electrons. The van der Waals surface area contributed by atoms with Crippen molar-refractivity contribution in [2.45, 2.75) is 18.5 Å². The van der Waals surface area contributed by atoms with Crippen molar-refractivity contribution in [1.29, 1.82) is 0 Å². The number of nitrogens with one attached hydrogen (secondary N) is 1. The first kappa shape index (κ1) is 16.1. The number of alkyl halides is 7. The Morgan fingerprint density at radius 1 is 1.11 bits per heavy atom. The van der Waals surface area contributed by atoms with Crippen LogP contribution in [0, 0.1) is 0 Å². The first-order chi connectivity index (χ1) is 8.54. The third-order valence-corrected chi connectivity index (χ3v) is 2.61. The van der Waals surface area contributed by atoms with Crippen LogP contribution in [0.3, 0.4) is 0 Å². The third kappa shape index (κ3) is 4.26. The van der Waals surface area contributed by atoms with Gasteiger partial charge in [0.15, 0.2) is 0 Å². The van der Waals surface area contributed by atoms with E-state index in [-0.39, 0.29) is 4.47 Å². The summed E-state index contributed by atoms with van der Waals surface area (Å²) in [5.74, 6) is -4.41. The highest BCUT2D eigenvalue weighted by atomic mass is 79.9. The molecule has 1 rings (SSSR count). The molecule has 0 aromatic heterocycles. The molecule has 0 bridgehead atoms. The molecule has 0 aliphatic heterocycles. The molecule has 0 saturated heterocycles. The van der Waals surface area contributed by atoms with E-state index < -0.39 is 36.3 Å². The molecule has 1 aromatic carbocycles. The molecular weight excluding hydrogens is 347 g/mol. The minimum absolute atomic E-state index is 0.0889. The predicted molar refractivity (Wildman–Crippen MR) is 58.6 cm³/mol. The Labute approximate surface area is 111 Å². The molecule has 1 aromatic rings. The molecule has 0 saturated carbocycles. The lowest BCUT2D eigenvalue weighted by atomic mass is 10.1. The predicted octanol–water partition coefficient (Wildman–Crippen LogP) is 4.78. The molecule has 19 heavy (non-hydrogen) atoms. The van der Waals surface area contributed by atoms with Gasteiger partial charge in [-0.05, 0) is 18.2 Å². The first-order valence-electron chi connectivity index (χ1n) is 4.80. The maximum absolute atomic E-state index is 12.6. The van der Waals surface area contributed by atoms with Crippen LogP contribution in [-0.4, -0.2) is 18.9 Å². The molecule has 0 unspecified atom stereocenters. The van der Waals surface area contributed by atoms with E-state index in [0.29, 0.717) is 6.07 Å². The molecule has 108 valence electrons. The van der Waals surface area contributed by atoms with Crippen LogP contribution in [0.1, 0.15) is 5.56 Å². The quantitative estimate of drug-likeness (QED) is 0.768. The van der Waals surface area contributed by atoms with E-state index in [4.69, 9.17) is 0 Å². The fraction of sp³-hybridized carbons (Fsp3) is 0.400. The van der Waals surface area contributed by atoms with E-state index in [9.17, 15) is 30.7 Å². The summed E-state index contributed by atoms with van der Waals surface area (Å²) in [6, 6.07) is 2.73. The average Bonchev–Trinajstić information content (AvgIpc) is 2.26. The molecule has 0 atom stereocenters. The van der Waals surface area contributed by atoms with Crippen LogP contribution in [0.5, 0.6) is 0 Å². The number of benzene rings is 1.